The lowest BCUT2D eigenvalue weighted by molar-refractivity contribution is 0.101. The van der Waals surface area contributed by atoms with Crippen LogP contribution in [0.5, 0.6) is 11.5 Å². The molecule has 1 aromatic carbocycles. The molecule has 0 saturated carbocycles. The molecule has 4 nitrogen and oxygen atoms in total. The van der Waals surface area contributed by atoms with Crippen molar-refractivity contribution in [2.45, 2.75) is 6.92 Å². The third-order valence-corrected chi connectivity index (χ3v) is 1.82. The molecule has 0 saturated heterocycles. The number of hydrogen-bond acceptors (Lipinski definition) is 4. The molecular weight excluding hydrogens is 182 g/mol. The van der Waals surface area contributed by atoms with Gasteiger partial charge in [-0.05, 0) is 13.0 Å². The minimum Gasteiger partial charge on any atom is -0.506 e. The molecule has 1 aromatic rings. The van der Waals surface area contributed by atoms with Crippen LogP contribution in [0.1, 0.15) is 22.8 Å². The van der Waals surface area contributed by atoms with Crippen molar-refractivity contribution in [1.29, 1.82) is 5.26 Å². The Hall–Kier alpha value is -2.02. The van der Waals surface area contributed by atoms with E-state index in [4.69, 9.17) is 10.00 Å². The van der Waals surface area contributed by atoms with E-state index in [9.17, 15) is 9.90 Å². The van der Waals surface area contributed by atoms with Crippen LogP contribution < -0.4 is 4.74 Å². The lowest BCUT2D eigenvalue weighted by atomic mass is 10.1. The van der Waals surface area contributed by atoms with Gasteiger partial charge in [-0.15, -0.1) is 0 Å². The fourth-order valence-electron chi connectivity index (χ4n) is 1.10. The Kier molecular flexibility index (Phi) is 2.73. The predicted molar refractivity (Wildman–Crippen MR) is 49.4 cm³/mol. The van der Waals surface area contributed by atoms with E-state index in [1.54, 1.807) is 6.07 Å². The largest absolute Gasteiger partial charge is 0.506 e. The van der Waals surface area contributed by atoms with E-state index in [-0.39, 0.29) is 22.8 Å². The summed E-state index contributed by atoms with van der Waals surface area (Å²) in [6.07, 6.45) is 0. The number of carbonyl (C=O) groups is 1. The summed E-state index contributed by atoms with van der Waals surface area (Å²) in [5.74, 6) is -0.123. The maximum atomic E-state index is 11.1. The SMILES string of the molecule is COc1cc(O)c(C#N)cc1C(C)=O. The number of nitrogens with zero attached hydrogens (tertiary/aromatic N) is 1. The Morgan fingerprint density at radius 1 is 1.57 bits per heavy atom. The van der Waals surface area contributed by atoms with Crippen LogP contribution >= 0.6 is 0 Å². The fourth-order valence-corrected chi connectivity index (χ4v) is 1.10. The number of nitriles is 1. The predicted octanol–water partition coefficient (Wildman–Crippen LogP) is 1.48. The van der Waals surface area contributed by atoms with Gasteiger partial charge >= 0.3 is 0 Å². The fraction of sp³-hybridized carbons (Fsp3) is 0.200. The molecule has 14 heavy (non-hydrogen) atoms. The number of ether oxygens (including phenoxy) is 1. The molecule has 0 bridgehead atoms. The Bertz CT molecular complexity index is 418. The van der Waals surface area contributed by atoms with E-state index in [0.29, 0.717) is 5.56 Å². The molecule has 0 heterocycles. The summed E-state index contributed by atoms with van der Waals surface area (Å²) in [5, 5.41) is 17.9. The monoisotopic (exact) mass is 191 g/mol. The van der Waals surface area contributed by atoms with Gasteiger partial charge in [0.1, 0.15) is 17.6 Å². The number of phenols is 1. The van der Waals surface area contributed by atoms with E-state index in [1.165, 1.54) is 26.2 Å². The molecule has 0 aliphatic rings. The van der Waals surface area contributed by atoms with Crippen molar-refractivity contribution in [3.05, 3.63) is 23.3 Å². The summed E-state index contributed by atoms with van der Waals surface area (Å²) in [6, 6.07) is 4.36. The average Bonchev–Trinajstić information content (AvgIpc) is 2.16. The molecule has 0 unspecified atom stereocenters. The highest BCUT2D eigenvalue weighted by Crippen LogP contribution is 2.27. The van der Waals surface area contributed by atoms with Gasteiger partial charge < -0.3 is 9.84 Å². The maximum absolute atomic E-state index is 11.1. The van der Waals surface area contributed by atoms with Crippen molar-refractivity contribution in [1.82, 2.24) is 0 Å². The van der Waals surface area contributed by atoms with Gasteiger partial charge in [0.2, 0.25) is 0 Å². The normalized spacial score (nSPS) is 9.21. The summed E-state index contributed by atoms with van der Waals surface area (Å²) in [4.78, 5) is 11.1. The molecule has 1 N–H and O–H groups in total. The second kappa shape index (κ2) is 3.79. The van der Waals surface area contributed by atoms with Crippen molar-refractivity contribution in [2.24, 2.45) is 0 Å². The van der Waals surface area contributed by atoms with E-state index in [1.807, 2.05) is 0 Å². The molecule has 72 valence electrons. The molecule has 0 aromatic heterocycles. The highest BCUT2D eigenvalue weighted by molar-refractivity contribution is 5.97. The molecule has 4 heteroatoms. The van der Waals surface area contributed by atoms with Gasteiger partial charge in [0.05, 0.1) is 18.2 Å². The summed E-state index contributed by atoms with van der Waals surface area (Å²) in [5.41, 5.74) is 0.359. The van der Waals surface area contributed by atoms with Gasteiger partial charge in [-0.3, -0.25) is 4.79 Å². The number of hydrogen-bond donors (Lipinski definition) is 1. The van der Waals surface area contributed by atoms with E-state index in [0.717, 1.165) is 0 Å². The smallest absolute Gasteiger partial charge is 0.163 e. The van der Waals surface area contributed by atoms with Crippen LogP contribution in [0, 0.1) is 11.3 Å². The van der Waals surface area contributed by atoms with Gasteiger partial charge in [0.15, 0.2) is 5.78 Å². The summed E-state index contributed by atoms with van der Waals surface area (Å²) >= 11 is 0. The maximum Gasteiger partial charge on any atom is 0.163 e. The third kappa shape index (κ3) is 1.67. The van der Waals surface area contributed by atoms with Crippen molar-refractivity contribution in [3.63, 3.8) is 0 Å². The zero-order chi connectivity index (χ0) is 10.7. The number of Topliss-reactive ketones (excluding diaryl/α,β-unsaturated/α-hetero) is 1. The first kappa shape index (κ1) is 10.1. The number of carbonyl (C=O) groups excluding carboxylic acids is 1. The molecule has 0 aliphatic heterocycles. The number of benzene rings is 1. The van der Waals surface area contributed by atoms with Crippen molar-refractivity contribution in [3.8, 4) is 17.6 Å². The van der Waals surface area contributed by atoms with Crippen LogP contribution in [0.25, 0.3) is 0 Å². The van der Waals surface area contributed by atoms with E-state index < -0.39 is 0 Å². The van der Waals surface area contributed by atoms with Gasteiger partial charge in [-0.25, -0.2) is 0 Å². The molecule has 0 fully saturated rings. The van der Waals surface area contributed by atoms with Crippen molar-refractivity contribution < 1.29 is 14.6 Å². The lowest BCUT2D eigenvalue weighted by Crippen LogP contribution is -1.98. The minimum atomic E-state index is -0.210. The van der Waals surface area contributed by atoms with E-state index >= 15 is 0 Å². The molecule has 0 aliphatic carbocycles. The summed E-state index contributed by atoms with van der Waals surface area (Å²) in [6.45, 7) is 1.37. The van der Waals surface area contributed by atoms with Crippen LogP contribution in [0.2, 0.25) is 0 Å². The van der Waals surface area contributed by atoms with Crippen LogP contribution in [0.15, 0.2) is 12.1 Å². The molecule has 0 atom stereocenters. The van der Waals surface area contributed by atoms with Gasteiger partial charge in [-0.2, -0.15) is 5.26 Å². The first-order valence-electron chi connectivity index (χ1n) is 3.92. The summed E-state index contributed by atoms with van der Waals surface area (Å²) in [7, 11) is 1.40. The van der Waals surface area contributed by atoms with Gasteiger partial charge in [0.25, 0.3) is 0 Å². The molecule has 1 rings (SSSR count). The van der Waals surface area contributed by atoms with Crippen LogP contribution in [-0.2, 0) is 0 Å². The van der Waals surface area contributed by atoms with Gasteiger partial charge in [0, 0.05) is 6.07 Å². The Labute approximate surface area is 81.4 Å². The second-order valence-electron chi connectivity index (χ2n) is 2.74. The molecule has 0 amide bonds. The minimum absolute atomic E-state index is 0.0657. The summed E-state index contributed by atoms with van der Waals surface area (Å²) < 4.78 is 4.90. The Balaban J connectivity index is 3.42. The van der Waals surface area contributed by atoms with Crippen LogP contribution in [0.4, 0.5) is 0 Å². The number of methoxy groups -OCH3 is 1. The second-order valence-corrected chi connectivity index (χ2v) is 2.74. The van der Waals surface area contributed by atoms with Crippen LogP contribution in [-0.4, -0.2) is 18.0 Å². The zero-order valence-electron chi connectivity index (χ0n) is 7.87. The number of rotatable bonds is 2. The zero-order valence-corrected chi connectivity index (χ0v) is 7.87. The highest BCUT2D eigenvalue weighted by Gasteiger charge is 2.12. The number of ketones is 1. The first-order chi connectivity index (χ1) is 6.60. The first-order valence-corrected chi connectivity index (χ1v) is 3.92. The topological polar surface area (TPSA) is 70.3 Å². The molecule has 0 spiro atoms. The number of aromatic hydroxyl groups is 1. The number of phenolic OH excluding ortho intramolecular Hbond substituents is 1. The molecular formula is C10H9NO3. The van der Waals surface area contributed by atoms with Crippen molar-refractivity contribution in [2.75, 3.05) is 7.11 Å². The average molecular weight is 191 g/mol. The molecule has 0 radical (unpaired) electrons. The van der Waals surface area contributed by atoms with Gasteiger partial charge in [-0.1, -0.05) is 0 Å². The van der Waals surface area contributed by atoms with E-state index in [2.05, 4.69) is 0 Å². The van der Waals surface area contributed by atoms with Crippen molar-refractivity contribution >= 4 is 5.78 Å². The Morgan fingerprint density at radius 3 is 2.64 bits per heavy atom. The quantitative estimate of drug-likeness (QED) is 0.718. The third-order valence-electron chi connectivity index (χ3n) is 1.82. The standard InChI is InChI=1S/C10H9NO3/c1-6(12)8-3-7(5-11)9(13)4-10(8)14-2/h3-4,13H,1-2H3. The Morgan fingerprint density at radius 2 is 2.21 bits per heavy atom. The highest BCUT2D eigenvalue weighted by atomic mass is 16.5. The lowest BCUT2D eigenvalue weighted by Gasteiger charge is -2.06. The van der Waals surface area contributed by atoms with Crippen LogP contribution in [0.3, 0.4) is 0 Å².